The van der Waals surface area contributed by atoms with Crippen LogP contribution in [0, 0.1) is 5.92 Å². The van der Waals surface area contributed by atoms with E-state index in [1.165, 1.54) is 12.8 Å². The van der Waals surface area contributed by atoms with Gasteiger partial charge in [-0.05, 0) is 24.8 Å². The van der Waals surface area contributed by atoms with Crippen molar-refractivity contribution < 1.29 is 19.4 Å². The van der Waals surface area contributed by atoms with Crippen molar-refractivity contribution in [1.29, 1.82) is 0 Å². The van der Waals surface area contributed by atoms with E-state index in [1.807, 2.05) is 24.3 Å². The summed E-state index contributed by atoms with van der Waals surface area (Å²) in [5, 5.41) is 11.5. The van der Waals surface area contributed by atoms with E-state index in [0.29, 0.717) is 19.1 Å². The number of carboxylic acids is 1. The van der Waals surface area contributed by atoms with Gasteiger partial charge in [-0.25, -0.2) is 14.8 Å². The van der Waals surface area contributed by atoms with Crippen molar-refractivity contribution in [2.24, 2.45) is 5.92 Å². The zero-order valence-corrected chi connectivity index (χ0v) is 12.9. The van der Waals surface area contributed by atoms with E-state index in [1.54, 1.807) is 0 Å². The molecule has 1 aliphatic rings. The minimum atomic E-state index is -1.18. The number of rotatable bonds is 7. The predicted molar refractivity (Wildman–Crippen MR) is 84.8 cm³/mol. The van der Waals surface area contributed by atoms with E-state index in [0.717, 1.165) is 23.7 Å². The molecule has 1 fully saturated rings. The van der Waals surface area contributed by atoms with Gasteiger partial charge in [-0.2, -0.15) is 0 Å². The Morgan fingerprint density at radius 3 is 2.54 bits per heavy atom. The highest BCUT2D eigenvalue weighted by atomic mass is 16.5. The number of nitrogens with zero attached hydrogens (tertiary/aromatic N) is 2. The van der Waals surface area contributed by atoms with Crippen molar-refractivity contribution in [3.05, 3.63) is 53.6 Å². The summed E-state index contributed by atoms with van der Waals surface area (Å²) in [6.45, 7) is 0.995. The van der Waals surface area contributed by atoms with Crippen molar-refractivity contribution in [1.82, 2.24) is 15.3 Å². The fourth-order valence-electron chi connectivity index (χ4n) is 2.10. The van der Waals surface area contributed by atoms with Gasteiger partial charge in [0.15, 0.2) is 5.69 Å². The molecule has 3 rings (SSSR count). The lowest BCUT2D eigenvalue weighted by Gasteiger charge is -2.11. The fraction of sp³-hybridized carbons (Fsp3) is 0.294. The number of carbonyl (C=O) groups is 2. The number of benzene rings is 1. The lowest BCUT2D eigenvalue weighted by molar-refractivity contribution is 0.0689. The zero-order valence-electron chi connectivity index (χ0n) is 12.9. The van der Waals surface area contributed by atoms with Crippen LogP contribution in [-0.2, 0) is 6.54 Å². The van der Waals surface area contributed by atoms with Gasteiger partial charge in [-0.1, -0.05) is 18.2 Å². The second-order valence-electron chi connectivity index (χ2n) is 5.64. The molecule has 2 N–H and O–H groups in total. The Hall–Kier alpha value is -2.96. The van der Waals surface area contributed by atoms with Gasteiger partial charge >= 0.3 is 5.97 Å². The number of nitrogens with one attached hydrogen (secondary N) is 1. The summed E-state index contributed by atoms with van der Waals surface area (Å²) in [6.07, 6.45) is 4.63. The molecule has 1 aliphatic carbocycles. The van der Waals surface area contributed by atoms with E-state index in [4.69, 9.17) is 9.84 Å². The van der Waals surface area contributed by atoms with E-state index >= 15 is 0 Å². The molecule has 2 aromatic rings. The average Bonchev–Trinajstić information content (AvgIpc) is 3.43. The second kappa shape index (κ2) is 7.08. The Morgan fingerprint density at radius 1 is 1.17 bits per heavy atom. The molecule has 0 saturated heterocycles. The van der Waals surface area contributed by atoms with Gasteiger partial charge in [0.25, 0.3) is 5.91 Å². The van der Waals surface area contributed by atoms with E-state index in [2.05, 4.69) is 15.3 Å². The van der Waals surface area contributed by atoms with Crippen LogP contribution in [0.1, 0.15) is 39.4 Å². The Bertz CT molecular complexity index is 742. The normalized spacial score (nSPS) is 13.3. The van der Waals surface area contributed by atoms with Gasteiger partial charge in [-0.3, -0.25) is 4.79 Å². The number of hydrogen-bond donors (Lipinski definition) is 2. The van der Waals surface area contributed by atoms with Gasteiger partial charge in [0, 0.05) is 12.1 Å². The summed E-state index contributed by atoms with van der Waals surface area (Å²) in [6, 6.07) is 7.55. The van der Waals surface area contributed by atoms with Gasteiger partial charge in [0.2, 0.25) is 0 Å². The third-order valence-electron chi connectivity index (χ3n) is 3.69. The van der Waals surface area contributed by atoms with E-state index < -0.39 is 11.9 Å². The number of hydrogen-bond acceptors (Lipinski definition) is 5. The lowest BCUT2D eigenvalue weighted by atomic mass is 10.2. The maximum atomic E-state index is 12.1. The molecular weight excluding hydrogens is 310 g/mol. The number of aromatic nitrogens is 2. The molecule has 1 amide bonds. The van der Waals surface area contributed by atoms with E-state index in [9.17, 15) is 9.59 Å². The van der Waals surface area contributed by atoms with Crippen LogP contribution >= 0.6 is 0 Å². The summed E-state index contributed by atoms with van der Waals surface area (Å²) >= 11 is 0. The molecule has 1 heterocycles. The third kappa shape index (κ3) is 4.07. The molecule has 1 saturated carbocycles. The van der Waals surface area contributed by atoms with Gasteiger partial charge in [0.05, 0.1) is 19.0 Å². The van der Waals surface area contributed by atoms with Gasteiger partial charge < -0.3 is 15.2 Å². The molecule has 0 aliphatic heterocycles. The van der Waals surface area contributed by atoms with Crippen LogP contribution in [0.15, 0.2) is 36.7 Å². The quantitative estimate of drug-likeness (QED) is 0.805. The highest BCUT2D eigenvalue weighted by molar-refractivity contribution is 5.92. The molecule has 0 bridgehead atoms. The average molecular weight is 327 g/mol. The first-order valence-corrected chi connectivity index (χ1v) is 7.67. The summed E-state index contributed by atoms with van der Waals surface area (Å²) in [5.41, 5.74) is 0.739. The second-order valence-corrected chi connectivity index (χ2v) is 5.64. The minimum Gasteiger partial charge on any atom is -0.493 e. The highest BCUT2D eigenvalue weighted by Gasteiger charge is 2.22. The number of aromatic carboxylic acids is 1. The largest absolute Gasteiger partial charge is 0.493 e. The minimum absolute atomic E-state index is 0.0661. The van der Waals surface area contributed by atoms with Crippen molar-refractivity contribution in [3.8, 4) is 5.75 Å². The Morgan fingerprint density at radius 2 is 1.88 bits per heavy atom. The molecule has 0 spiro atoms. The molecule has 24 heavy (non-hydrogen) atoms. The predicted octanol–water partition coefficient (Wildman–Crippen LogP) is 1.89. The fourth-order valence-corrected chi connectivity index (χ4v) is 2.10. The highest BCUT2D eigenvalue weighted by Crippen LogP contribution is 2.30. The molecule has 0 radical (unpaired) electrons. The molecule has 7 nitrogen and oxygen atoms in total. The first-order chi connectivity index (χ1) is 11.6. The Kier molecular flexibility index (Phi) is 4.69. The molecule has 1 aromatic heterocycles. The Labute approximate surface area is 138 Å². The topological polar surface area (TPSA) is 101 Å². The Balaban J connectivity index is 1.60. The van der Waals surface area contributed by atoms with Crippen molar-refractivity contribution >= 4 is 11.9 Å². The number of amides is 1. The lowest BCUT2D eigenvalue weighted by Crippen LogP contribution is -2.24. The number of para-hydroxylation sites is 1. The van der Waals surface area contributed by atoms with Crippen LogP contribution in [0.25, 0.3) is 0 Å². The van der Waals surface area contributed by atoms with Crippen LogP contribution in [-0.4, -0.2) is 33.6 Å². The number of ether oxygens (including phenoxy) is 1. The maximum absolute atomic E-state index is 12.1. The summed E-state index contributed by atoms with van der Waals surface area (Å²) in [4.78, 5) is 30.3. The smallest absolute Gasteiger partial charge is 0.356 e. The molecule has 0 atom stereocenters. The first kappa shape index (κ1) is 15.9. The maximum Gasteiger partial charge on any atom is 0.356 e. The molecule has 0 unspecified atom stereocenters. The molecular formula is C17H17N3O4. The summed E-state index contributed by atoms with van der Waals surface area (Å²) < 4.78 is 5.80. The van der Waals surface area contributed by atoms with Crippen LogP contribution < -0.4 is 10.1 Å². The zero-order chi connectivity index (χ0) is 16.9. The summed E-state index contributed by atoms with van der Waals surface area (Å²) in [5.74, 6) is -0.194. The van der Waals surface area contributed by atoms with Crippen LogP contribution in [0.5, 0.6) is 5.75 Å². The van der Waals surface area contributed by atoms with Crippen molar-refractivity contribution in [3.63, 3.8) is 0 Å². The van der Waals surface area contributed by atoms with Gasteiger partial charge in [0.1, 0.15) is 11.4 Å². The van der Waals surface area contributed by atoms with Crippen molar-refractivity contribution in [2.75, 3.05) is 6.61 Å². The SMILES string of the molecule is O=C(O)c1cnc(C(=O)NCc2ccccc2OCC2CC2)cn1. The standard InChI is InChI=1S/C17H17N3O4/c21-16(13-8-19-14(9-18-13)17(22)23)20-7-12-3-1-2-4-15(12)24-10-11-5-6-11/h1-4,8-9,11H,5-7,10H2,(H,20,21)(H,22,23). The van der Waals surface area contributed by atoms with Crippen LogP contribution in [0.2, 0.25) is 0 Å². The van der Waals surface area contributed by atoms with Gasteiger partial charge in [-0.15, -0.1) is 0 Å². The molecule has 7 heteroatoms. The summed E-state index contributed by atoms with van der Waals surface area (Å²) in [7, 11) is 0. The van der Waals surface area contributed by atoms with Crippen LogP contribution in [0.4, 0.5) is 0 Å². The third-order valence-corrected chi connectivity index (χ3v) is 3.69. The number of carbonyl (C=O) groups excluding carboxylic acids is 1. The monoisotopic (exact) mass is 327 g/mol. The van der Waals surface area contributed by atoms with Crippen molar-refractivity contribution in [2.45, 2.75) is 19.4 Å². The van der Waals surface area contributed by atoms with Crippen LogP contribution in [0.3, 0.4) is 0 Å². The molecule has 124 valence electrons. The first-order valence-electron chi connectivity index (χ1n) is 7.67. The number of carboxylic acid groups (broad SMARTS) is 1. The van der Waals surface area contributed by atoms with E-state index in [-0.39, 0.29) is 11.4 Å². The molecule has 1 aromatic carbocycles.